The van der Waals surface area contributed by atoms with Crippen molar-refractivity contribution in [1.82, 2.24) is 19.3 Å². The smallest absolute Gasteiger partial charge is 0.158 e. The molecule has 1 atom stereocenters. The second kappa shape index (κ2) is 4.82. The first-order chi connectivity index (χ1) is 9.13. The molecule has 0 N–H and O–H groups in total. The molecule has 2 heterocycles. The summed E-state index contributed by atoms with van der Waals surface area (Å²) in [6.45, 7) is 4.18. The lowest BCUT2D eigenvalue weighted by Crippen LogP contribution is -2.20. The third-order valence-corrected chi connectivity index (χ3v) is 4.24. The highest BCUT2D eigenvalue weighted by Crippen LogP contribution is 2.38. The maximum absolute atomic E-state index is 6.33. The molecule has 4 nitrogen and oxygen atoms in total. The summed E-state index contributed by atoms with van der Waals surface area (Å²) in [6, 6.07) is 0.561. The number of alkyl halides is 1. The van der Waals surface area contributed by atoms with Gasteiger partial charge in [0.1, 0.15) is 11.3 Å². The molecule has 0 aromatic carbocycles. The molecule has 0 radical (unpaired) electrons. The summed E-state index contributed by atoms with van der Waals surface area (Å²) in [5, 5.41) is 4.58. The van der Waals surface area contributed by atoms with Crippen LogP contribution in [0.15, 0.2) is 0 Å². The van der Waals surface area contributed by atoms with Crippen LogP contribution in [-0.2, 0) is 13.5 Å². The summed E-state index contributed by atoms with van der Waals surface area (Å²) >= 11 is 6.33. The second-order valence-electron chi connectivity index (χ2n) is 5.53. The van der Waals surface area contributed by atoms with Gasteiger partial charge in [-0.25, -0.2) is 4.98 Å². The molecule has 0 aliphatic heterocycles. The number of nitrogens with zero attached hydrogens (tertiary/aromatic N) is 4. The Morgan fingerprint density at radius 3 is 2.68 bits per heavy atom. The van der Waals surface area contributed by atoms with Crippen LogP contribution in [0.25, 0.3) is 11.2 Å². The van der Waals surface area contributed by atoms with E-state index in [1.165, 1.54) is 19.3 Å². The van der Waals surface area contributed by atoms with Gasteiger partial charge in [0, 0.05) is 13.1 Å². The molecule has 1 unspecified atom stereocenters. The Morgan fingerprint density at radius 2 is 2.16 bits per heavy atom. The Hall–Kier alpha value is -1.03. The van der Waals surface area contributed by atoms with E-state index < -0.39 is 0 Å². The van der Waals surface area contributed by atoms with Crippen molar-refractivity contribution in [3.05, 3.63) is 11.5 Å². The Bertz CT molecular complexity index is 592. The van der Waals surface area contributed by atoms with Crippen molar-refractivity contribution in [2.75, 3.05) is 0 Å². The number of halogens is 1. The predicted molar refractivity (Wildman–Crippen MR) is 77.7 cm³/mol. The van der Waals surface area contributed by atoms with Crippen LogP contribution < -0.4 is 0 Å². The van der Waals surface area contributed by atoms with Crippen LogP contribution in [0.3, 0.4) is 0 Å². The van der Waals surface area contributed by atoms with E-state index >= 15 is 0 Å². The van der Waals surface area contributed by atoms with Crippen LogP contribution in [-0.4, -0.2) is 19.3 Å². The summed E-state index contributed by atoms with van der Waals surface area (Å²) in [5.74, 6) is 1.01. The Balaban J connectivity index is 2.21. The van der Waals surface area contributed by atoms with E-state index in [4.69, 9.17) is 16.6 Å². The van der Waals surface area contributed by atoms with Gasteiger partial charge >= 0.3 is 0 Å². The average molecular weight is 281 g/mol. The Labute approximate surface area is 118 Å². The largest absolute Gasteiger partial charge is 0.309 e. The molecule has 0 saturated heterocycles. The highest BCUT2D eigenvalue weighted by molar-refractivity contribution is 6.20. The van der Waals surface area contributed by atoms with Gasteiger partial charge in [0.05, 0.1) is 11.1 Å². The van der Waals surface area contributed by atoms with Crippen molar-refractivity contribution < 1.29 is 0 Å². The molecule has 0 spiro atoms. The van der Waals surface area contributed by atoms with Crippen LogP contribution in [0.5, 0.6) is 0 Å². The number of aryl methyl sites for hydroxylation is 2. The first-order valence-electron chi connectivity index (χ1n) is 7.21. The van der Waals surface area contributed by atoms with Gasteiger partial charge in [-0.05, 0) is 32.6 Å². The Kier molecular flexibility index (Phi) is 3.29. The topological polar surface area (TPSA) is 35.6 Å². The number of hydrogen-bond acceptors (Lipinski definition) is 2. The first-order valence-corrected chi connectivity index (χ1v) is 7.64. The van der Waals surface area contributed by atoms with E-state index in [1.807, 2.05) is 18.7 Å². The normalized spacial score (nSPS) is 17.9. The lowest BCUT2D eigenvalue weighted by molar-refractivity contribution is 0.310. The minimum atomic E-state index is -0.0533. The highest BCUT2D eigenvalue weighted by Gasteiger charge is 2.29. The number of hydrogen-bond donors (Lipinski definition) is 0. The van der Waals surface area contributed by atoms with Gasteiger partial charge in [0.2, 0.25) is 0 Å². The summed E-state index contributed by atoms with van der Waals surface area (Å²) in [4.78, 5) is 4.80. The lowest BCUT2D eigenvalue weighted by atomic mass is 9.92. The maximum Gasteiger partial charge on any atom is 0.158 e. The third-order valence-electron chi connectivity index (χ3n) is 4.05. The number of imidazole rings is 1. The molecule has 1 aliphatic rings. The summed E-state index contributed by atoms with van der Waals surface area (Å²) in [6.07, 6.45) is 5.84. The van der Waals surface area contributed by atoms with Gasteiger partial charge < -0.3 is 4.57 Å². The molecule has 0 amide bonds. The zero-order chi connectivity index (χ0) is 13.6. The number of rotatable bonds is 4. The summed E-state index contributed by atoms with van der Waals surface area (Å²) in [5.41, 5.74) is 3.31. The fourth-order valence-corrected chi connectivity index (χ4v) is 3.06. The molecule has 5 heteroatoms. The maximum atomic E-state index is 6.33. The van der Waals surface area contributed by atoms with Gasteiger partial charge in [0.25, 0.3) is 0 Å². The highest BCUT2D eigenvalue weighted by atomic mass is 35.5. The van der Waals surface area contributed by atoms with Crippen LogP contribution in [0, 0.1) is 0 Å². The van der Waals surface area contributed by atoms with E-state index in [1.54, 1.807) is 0 Å². The zero-order valence-electron chi connectivity index (χ0n) is 11.9. The van der Waals surface area contributed by atoms with Crippen molar-refractivity contribution in [3.63, 3.8) is 0 Å². The van der Waals surface area contributed by atoms with Gasteiger partial charge in [-0.1, -0.05) is 13.3 Å². The van der Waals surface area contributed by atoms with Crippen molar-refractivity contribution in [1.29, 1.82) is 0 Å². The minimum Gasteiger partial charge on any atom is -0.309 e. The number of fused-ring (bicyclic) bond motifs is 1. The molecular weight excluding hydrogens is 260 g/mol. The fourth-order valence-electron chi connectivity index (χ4n) is 2.91. The molecule has 104 valence electrons. The second-order valence-corrected chi connectivity index (χ2v) is 6.19. The molecule has 2 aromatic rings. The molecule has 19 heavy (non-hydrogen) atoms. The first kappa shape index (κ1) is 13.0. The van der Waals surface area contributed by atoms with Gasteiger partial charge in [-0.15, -0.1) is 11.6 Å². The molecule has 0 bridgehead atoms. The van der Waals surface area contributed by atoms with E-state index in [0.29, 0.717) is 6.04 Å². The van der Waals surface area contributed by atoms with Crippen LogP contribution in [0.4, 0.5) is 0 Å². The average Bonchev–Trinajstić information content (AvgIpc) is 2.78. The summed E-state index contributed by atoms with van der Waals surface area (Å²) in [7, 11) is 2.01. The molecule has 1 saturated carbocycles. The zero-order valence-corrected chi connectivity index (χ0v) is 12.6. The van der Waals surface area contributed by atoms with Crippen LogP contribution in [0.2, 0.25) is 0 Å². The molecule has 2 aromatic heterocycles. The minimum absolute atomic E-state index is 0.0533. The van der Waals surface area contributed by atoms with Crippen molar-refractivity contribution in [2.45, 2.75) is 57.4 Å². The van der Waals surface area contributed by atoms with Gasteiger partial charge in [-0.3, -0.25) is 4.68 Å². The summed E-state index contributed by atoms with van der Waals surface area (Å²) < 4.78 is 4.32. The quantitative estimate of drug-likeness (QED) is 0.800. The van der Waals surface area contributed by atoms with E-state index in [0.717, 1.165) is 35.5 Å². The van der Waals surface area contributed by atoms with Gasteiger partial charge in [0.15, 0.2) is 5.65 Å². The monoisotopic (exact) mass is 280 g/mol. The Morgan fingerprint density at radius 1 is 1.42 bits per heavy atom. The van der Waals surface area contributed by atoms with Crippen LogP contribution >= 0.6 is 11.6 Å². The standard InChI is InChI=1S/C14H21ClN4/c1-4-6-11-12-14(18(3)17-11)19(10-7-5-8-10)13(16-12)9(2)15/h9-10H,4-8H2,1-3H3. The van der Waals surface area contributed by atoms with Crippen molar-refractivity contribution >= 4 is 22.8 Å². The molecule has 1 aliphatic carbocycles. The molecular formula is C14H21ClN4. The number of aromatic nitrogens is 4. The third kappa shape index (κ3) is 1.97. The van der Waals surface area contributed by atoms with E-state index in [-0.39, 0.29) is 5.38 Å². The molecule has 1 fully saturated rings. The van der Waals surface area contributed by atoms with Crippen molar-refractivity contribution in [2.24, 2.45) is 7.05 Å². The lowest BCUT2D eigenvalue weighted by Gasteiger charge is -2.29. The van der Waals surface area contributed by atoms with Crippen molar-refractivity contribution in [3.8, 4) is 0 Å². The fraction of sp³-hybridized carbons (Fsp3) is 0.714. The van der Waals surface area contributed by atoms with E-state index in [9.17, 15) is 0 Å². The predicted octanol–water partition coefficient (Wildman–Crippen LogP) is 3.75. The van der Waals surface area contributed by atoms with Gasteiger partial charge in [-0.2, -0.15) is 5.10 Å². The molecule has 3 rings (SSSR count). The van der Waals surface area contributed by atoms with Crippen LogP contribution in [0.1, 0.15) is 62.5 Å². The van der Waals surface area contributed by atoms with E-state index in [2.05, 4.69) is 16.6 Å². The SMILES string of the molecule is CCCc1nn(C)c2c1nc(C(C)Cl)n2C1CCC1.